The standard InChI is InChI=1S/C16H14BrNO5S/c1-22-14-6-3-11(17)9-15(14)24(20,21)23-12-4-5-13-10(8-12)2-7-16(19)18-13/h3-6,8-9H,2,7H2,1H3,(H,18,19). The van der Waals surface area contributed by atoms with Gasteiger partial charge in [-0.25, -0.2) is 0 Å². The van der Waals surface area contributed by atoms with Crippen molar-refractivity contribution in [3.63, 3.8) is 0 Å². The van der Waals surface area contributed by atoms with Gasteiger partial charge in [-0.3, -0.25) is 4.79 Å². The molecule has 24 heavy (non-hydrogen) atoms. The van der Waals surface area contributed by atoms with Crippen LogP contribution in [0, 0.1) is 0 Å². The van der Waals surface area contributed by atoms with E-state index in [2.05, 4.69) is 21.2 Å². The number of methoxy groups -OCH3 is 1. The minimum atomic E-state index is -4.06. The fraction of sp³-hybridized carbons (Fsp3) is 0.188. The first-order valence-corrected chi connectivity index (χ1v) is 9.30. The van der Waals surface area contributed by atoms with E-state index in [1.807, 2.05) is 0 Å². The number of anilines is 1. The van der Waals surface area contributed by atoms with Gasteiger partial charge >= 0.3 is 10.1 Å². The highest BCUT2D eigenvalue weighted by atomic mass is 79.9. The Morgan fingerprint density at radius 3 is 2.67 bits per heavy atom. The fourth-order valence-corrected chi connectivity index (χ4v) is 4.06. The largest absolute Gasteiger partial charge is 0.495 e. The molecule has 126 valence electrons. The maximum absolute atomic E-state index is 12.6. The third-order valence-corrected chi connectivity index (χ3v) is 5.34. The molecule has 1 heterocycles. The summed E-state index contributed by atoms with van der Waals surface area (Å²) in [5.74, 6) is 0.331. The van der Waals surface area contributed by atoms with Gasteiger partial charge in [0, 0.05) is 16.6 Å². The lowest BCUT2D eigenvalue weighted by Gasteiger charge is -2.18. The number of hydrogen-bond acceptors (Lipinski definition) is 5. The molecule has 8 heteroatoms. The molecule has 0 spiro atoms. The summed E-state index contributed by atoms with van der Waals surface area (Å²) in [6.45, 7) is 0. The summed E-state index contributed by atoms with van der Waals surface area (Å²) in [5.41, 5.74) is 1.51. The van der Waals surface area contributed by atoms with Crippen LogP contribution in [0.2, 0.25) is 0 Å². The van der Waals surface area contributed by atoms with Crippen LogP contribution in [0.3, 0.4) is 0 Å². The Morgan fingerprint density at radius 2 is 1.92 bits per heavy atom. The van der Waals surface area contributed by atoms with Crippen LogP contribution < -0.4 is 14.2 Å². The van der Waals surface area contributed by atoms with Crippen LogP contribution in [0.4, 0.5) is 5.69 Å². The molecule has 0 saturated heterocycles. The van der Waals surface area contributed by atoms with E-state index < -0.39 is 10.1 Å². The number of ether oxygens (including phenoxy) is 1. The predicted molar refractivity (Wildman–Crippen MR) is 91.9 cm³/mol. The van der Waals surface area contributed by atoms with Crippen LogP contribution in [0.5, 0.6) is 11.5 Å². The molecule has 0 bridgehead atoms. The minimum Gasteiger partial charge on any atom is -0.495 e. The van der Waals surface area contributed by atoms with Gasteiger partial charge in [0.1, 0.15) is 16.4 Å². The second-order valence-corrected chi connectivity index (χ2v) is 7.63. The van der Waals surface area contributed by atoms with Gasteiger partial charge in [0.25, 0.3) is 0 Å². The molecule has 1 aliphatic heterocycles. The van der Waals surface area contributed by atoms with E-state index in [1.165, 1.54) is 19.2 Å². The topological polar surface area (TPSA) is 81.7 Å². The summed E-state index contributed by atoms with van der Waals surface area (Å²) in [6.07, 6.45) is 0.904. The number of amides is 1. The fourth-order valence-electron chi connectivity index (χ4n) is 2.43. The number of fused-ring (bicyclic) bond motifs is 1. The molecule has 0 aromatic heterocycles. The van der Waals surface area contributed by atoms with E-state index in [0.717, 1.165) is 5.56 Å². The molecule has 2 aromatic carbocycles. The van der Waals surface area contributed by atoms with Crippen molar-refractivity contribution >= 4 is 37.6 Å². The van der Waals surface area contributed by atoms with Crippen molar-refractivity contribution in [2.45, 2.75) is 17.7 Å². The summed E-state index contributed by atoms with van der Waals surface area (Å²) in [4.78, 5) is 11.3. The van der Waals surface area contributed by atoms with Crippen molar-refractivity contribution in [1.29, 1.82) is 0 Å². The highest BCUT2D eigenvalue weighted by Gasteiger charge is 2.23. The van der Waals surface area contributed by atoms with Gasteiger partial charge < -0.3 is 14.2 Å². The Labute approximate surface area is 148 Å². The molecule has 1 amide bonds. The molecule has 6 nitrogen and oxygen atoms in total. The lowest BCUT2D eigenvalue weighted by Crippen LogP contribution is -2.19. The first kappa shape index (κ1) is 16.8. The monoisotopic (exact) mass is 411 g/mol. The Morgan fingerprint density at radius 1 is 1.12 bits per heavy atom. The van der Waals surface area contributed by atoms with Crippen molar-refractivity contribution in [1.82, 2.24) is 0 Å². The Hall–Kier alpha value is -2.06. The van der Waals surface area contributed by atoms with Crippen LogP contribution >= 0.6 is 15.9 Å². The van der Waals surface area contributed by atoms with Gasteiger partial charge in [-0.15, -0.1) is 0 Å². The maximum Gasteiger partial charge on any atom is 0.342 e. The Balaban J connectivity index is 1.93. The van der Waals surface area contributed by atoms with E-state index >= 15 is 0 Å². The zero-order valence-corrected chi connectivity index (χ0v) is 15.1. The number of rotatable bonds is 4. The third kappa shape index (κ3) is 3.39. The van der Waals surface area contributed by atoms with Crippen LogP contribution in [0.25, 0.3) is 0 Å². The zero-order chi connectivity index (χ0) is 17.3. The molecule has 1 N–H and O–H groups in total. The van der Waals surface area contributed by atoms with Crippen molar-refractivity contribution < 1.29 is 22.1 Å². The number of nitrogens with one attached hydrogen (secondary N) is 1. The number of halogens is 1. The van der Waals surface area contributed by atoms with Gasteiger partial charge in [-0.2, -0.15) is 8.42 Å². The molecule has 1 aliphatic rings. The molecular weight excluding hydrogens is 398 g/mol. The smallest absolute Gasteiger partial charge is 0.342 e. The SMILES string of the molecule is COc1ccc(Br)cc1S(=O)(=O)Oc1ccc2c(c1)CCC(=O)N2. The summed E-state index contributed by atoms with van der Waals surface area (Å²) >= 11 is 3.24. The Bertz CT molecular complexity index is 911. The van der Waals surface area contributed by atoms with Gasteiger partial charge in [-0.05, 0) is 48.4 Å². The first-order chi connectivity index (χ1) is 11.4. The number of aryl methyl sites for hydroxylation is 1. The molecule has 0 radical (unpaired) electrons. The van der Waals surface area contributed by atoms with E-state index in [0.29, 0.717) is 23.0 Å². The van der Waals surface area contributed by atoms with Crippen molar-refractivity contribution in [3.05, 3.63) is 46.4 Å². The van der Waals surface area contributed by atoms with Crippen LogP contribution in [0.1, 0.15) is 12.0 Å². The zero-order valence-electron chi connectivity index (χ0n) is 12.7. The van der Waals surface area contributed by atoms with Crippen LogP contribution in [-0.4, -0.2) is 21.4 Å². The predicted octanol–water partition coefficient (Wildman–Crippen LogP) is 3.11. The Kier molecular flexibility index (Phi) is 4.51. The molecule has 0 atom stereocenters. The summed E-state index contributed by atoms with van der Waals surface area (Å²) in [5, 5.41) is 2.74. The molecule has 0 aliphatic carbocycles. The number of benzene rings is 2. The van der Waals surface area contributed by atoms with E-state index in [-0.39, 0.29) is 22.3 Å². The van der Waals surface area contributed by atoms with Crippen molar-refractivity contribution in [2.75, 3.05) is 12.4 Å². The average Bonchev–Trinajstić information content (AvgIpc) is 2.54. The van der Waals surface area contributed by atoms with Crippen LogP contribution in [0.15, 0.2) is 45.8 Å². The highest BCUT2D eigenvalue weighted by molar-refractivity contribution is 9.10. The van der Waals surface area contributed by atoms with Gasteiger partial charge in [0.05, 0.1) is 7.11 Å². The van der Waals surface area contributed by atoms with Crippen molar-refractivity contribution in [2.24, 2.45) is 0 Å². The van der Waals surface area contributed by atoms with E-state index in [9.17, 15) is 13.2 Å². The summed E-state index contributed by atoms with van der Waals surface area (Å²) in [6, 6.07) is 9.41. The highest BCUT2D eigenvalue weighted by Crippen LogP contribution is 2.32. The lowest BCUT2D eigenvalue weighted by atomic mass is 10.0. The second kappa shape index (κ2) is 6.45. The minimum absolute atomic E-state index is 0.0531. The quantitative estimate of drug-likeness (QED) is 0.781. The third-order valence-electron chi connectivity index (χ3n) is 3.57. The maximum atomic E-state index is 12.6. The number of carbonyl (C=O) groups excluding carboxylic acids is 1. The van der Waals surface area contributed by atoms with Gasteiger partial charge in [0.2, 0.25) is 5.91 Å². The second-order valence-electron chi connectivity index (χ2n) is 5.20. The first-order valence-electron chi connectivity index (χ1n) is 7.10. The van der Waals surface area contributed by atoms with E-state index in [1.54, 1.807) is 24.3 Å². The average molecular weight is 412 g/mol. The summed E-state index contributed by atoms with van der Waals surface area (Å²) in [7, 11) is -2.67. The van der Waals surface area contributed by atoms with Crippen LogP contribution in [-0.2, 0) is 21.3 Å². The number of hydrogen-bond donors (Lipinski definition) is 1. The molecule has 0 unspecified atom stereocenters. The van der Waals surface area contributed by atoms with E-state index in [4.69, 9.17) is 8.92 Å². The number of carbonyl (C=O) groups is 1. The normalized spacial score (nSPS) is 13.8. The molecule has 2 aromatic rings. The van der Waals surface area contributed by atoms with Gasteiger partial charge in [-0.1, -0.05) is 15.9 Å². The lowest BCUT2D eigenvalue weighted by molar-refractivity contribution is -0.116. The van der Waals surface area contributed by atoms with Gasteiger partial charge in [0.15, 0.2) is 0 Å². The molecule has 0 fully saturated rings. The molecule has 0 saturated carbocycles. The summed E-state index contributed by atoms with van der Waals surface area (Å²) < 4.78 is 36.1. The molecular formula is C16H14BrNO5S. The van der Waals surface area contributed by atoms with Crippen molar-refractivity contribution in [3.8, 4) is 11.5 Å². The molecule has 3 rings (SSSR count).